The molecule has 0 spiro atoms. The van der Waals surface area contributed by atoms with E-state index in [1.165, 1.54) is 31.4 Å². The lowest BCUT2D eigenvalue weighted by molar-refractivity contribution is -0.299. The maximum atomic E-state index is 14.9. The van der Waals surface area contributed by atoms with Crippen molar-refractivity contribution in [2.45, 2.75) is 133 Å². The molecule has 2 saturated carbocycles. The zero-order chi connectivity index (χ0) is 51.7. The summed E-state index contributed by atoms with van der Waals surface area (Å²) >= 11 is 6.44. The van der Waals surface area contributed by atoms with Crippen molar-refractivity contribution in [1.29, 1.82) is 0 Å². The Kier molecular flexibility index (Phi) is 16.4. The molecular weight excluding hydrogens is 974 g/mol. The van der Waals surface area contributed by atoms with Crippen molar-refractivity contribution in [3.05, 3.63) is 53.3 Å². The van der Waals surface area contributed by atoms with Gasteiger partial charge >= 0.3 is 6.18 Å². The number of carbonyl (C=O) groups is 6. The standard InChI is InChI=1S/C46H59ClF6N8O8S/c1-26(2)17-33-41(65)59(4)35(19-28-18-30(47)14-15-32(28)29-21-55-61(22-29)70(5,68)69)38(62)54-16-10-8-6-7-9-11-34(39(63)56-33)58(3)42(66)37(27-12-13-27)57-40(64)36-20-31(48)23-60(36)43(67)44(46(51,52)53)24-45(49,50)25-44/h6-7,14-15,18,21-22,26-27,31,33-37H,8-13,16-17,19-20,23-25H2,1-5H3,(H,54,62)(H,56,63)(H,57,64)/b7-6+/t31-,33+,34+,35+,36+,37+/m1/s1. The second-order valence-electron chi connectivity index (χ2n) is 19.4. The van der Waals surface area contributed by atoms with Gasteiger partial charge in [0.15, 0.2) is 5.41 Å². The number of likely N-dealkylation sites (N-methyl/N-ethyl adjacent to an activating group) is 2. The summed E-state index contributed by atoms with van der Waals surface area (Å²) in [5, 5.41) is 12.5. The third-order valence-corrected chi connectivity index (χ3v) is 14.5. The summed E-state index contributed by atoms with van der Waals surface area (Å²) in [6.07, 6.45) is -2.47. The molecule has 3 heterocycles. The molecule has 4 aliphatic rings. The maximum absolute atomic E-state index is 14.9. The zero-order valence-corrected chi connectivity index (χ0v) is 41.0. The summed E-state index contributed by atoms with van der Waals surface area (Å²) in [5.41, 5.74) is -2.15. The lowest BCUT2D eigenvalue weighted by Crippen LogP contribution is -2.65. The first-order valence-corrected chi connectivity index (χ1v) is 25.4. The van der Waals surface area contributed by atoms with Gasteiger partial charge < -0.3 is 30.7 Å². The lowest BCUT2D eigenvalue weighted by Gasteiger charge is -2.48. The van der Waals surface area contributed by atoms with Gasteiger partial charge in [-0.15, -0.1) is 0 Å². The number of amides is 6. The van der Waals surface area contributed by atoms with E-state index < -0.39 is 131 Å². The second-order valence-corrected chi connectivity index (χ2v) is 21.7. The Hall–Kier alpha value is -5.19. The molecule has 0 radical (unpaired) electrons. The molecule has 386 valence electrons. The highest BCUT2D eigenvalue weighted by Crippen LogP contribution is 2.61. The number of benzene rings is 1. The van der Waals surface area contributed by atoms with Crippen LogP contribution >= 0.6 is 11.6 Å². The van der Waals surface area contributed by atoms with Gasteiger partial charge in [0, 0.05) is 56.9 Å². The summed E-state index contributed by atoms with van der Waals surface area (Å²) in [4.78, 5) is 87.7. The van der Waals surface area contributed by atoms with Gasteiger partial charge in [-0.25, -0.2) is 21.6 Å². The van der Waals surface area contributed by atoms with Crippen molar-refractivity contribution in [2.24, 2.45) is 17.3 Å². The highest BCUT2D eigenvalue weighted by Gasteiger charge is 2.75. The van der Waals surface area contributed by atoms with Gasteiger partial charge in [-0.2, -0.15) is 22.4 Å². The average molecular weight is 1030 g/mol. The first-order valence-electron chi connectivity index (χ1n) is 23.1. The lowest BCUT2D eigenvalue weighted by atomic mass is 9.64. The van der Waals surface area contributed by atoms with Crippen molar-refractivity contribution in [2.75, 3.05) is 33.4 Å². The summed E-state index contributed by atoms with van der Waals surface area (Å²) in [6, 6.07) is -2.13. The minimum atomic E-state index is -5.42. The van der Waals surface area contributed by atoms with Crippen LogP contribution in [0.5, 0.6) is 0 Å². The zero-order valence-electron chi connectivity index (χ0n) is 39.4. The number of hydrogen-bond acceptors (Lipinski definition) is 9. The number of likely N-dealkylation sites (tertiary alicyclic amines) is 1. The van der Waals surface area contributed by atoms with Crippen LogP contribution in [0.3, 0.4) is 0 Å². The van der Waals surface area contributed by atoms with Gasteiger partial charge in [-0.05, 0) is 80.0 Å². The van der Waals surface area contributed by atoms with Crippen molar-refractivity contribution in [3.8, 4) is 11.1 Å². The number of halogens is 7. The molecule has 6 amide bonds. The molecular formula is C46H59ClF6N8O8S. The SMILES string of the molecule is CC(C)C[C@@H]1NC(=O)[C@@H](N(C)C(=O)[C@@H](NC(=O)[C@@H]2C[C@@H](F)CN2C(=O)C2(C(F)(F)F)CC(F)(F)C2)C2CC2)CC/C=C/CCCNC(=O)[C@H](Cc2cc(Cl)ccc2-c2cnn(S(C)(=O)=O)c2)N(C)C1=O. The molecule has 24 heteroatoms. The Balaban J connectivity index is 1.25. The van der Waals surface area contributed by atoms with Crippen molar-refractivity contribution in [1.82, 2.24) is 39.8 Å². The Morgan fingerprint density at radius 2 is 1.71 bits per heavy atom. The summed E-state index contributed by atoms with van der Waals surface area (Å²) < 4.78 is 111. The number of carbonyl (C=O) groups excluding carboxylic acids is 6. The Morgan fingerprint density at radius 3 is 2.31 bits per heavy atom. The molecule has 3 N–H and O–H groups in total. The van der Waals surface area contributed by atoms with E-state index in [1.54, 1.807) is 24.3 Å². The first-order chi connectivity index (χ1) is 32.6. The molecule has 1 saturated heterocycles. The van der Waals surface area contributed by atoms with Crippen LogP contribution < -0.4 is 16.0 Å². The largest absolute Gasteiger partial charge is 0.403 e. The highest BCUT2D eigenvalue weighted by molar-refractivity contribution is 7.89. The van der Waals surface area contributed by atoms with Crippen LogP contribution in [0.15, 0.2) is 42.7 Å². The average Bonchev–Trinajstić information content (AvgIpc) is 3.83. The number of nitrogens with one attached hydrogen (secondary N) is 3. The first kappa shape index (κ1) is 54.1. The summed E-state index contributed by atoms with van der Waals surface area (Å²) in [6.45, 7) is 2.90. The number of rotatable bonds is 12. The minimum absolute atomic E-state index is 0.0275. The van der Waals surface area contributed by atoms with Crippen molar-refractivity contribution in [3.63, 3.8) is 0 Å². The molecule has 1 aromatic carbocycles. The number of alkyl halides is 6. The van der Waals surface area contributed by atoms with Gasteiger partial charge in [0.1, 0.15) is 36.4 Å². The Labute approximate surface area is 407 Å². The van der Waals surface area contributed by atoms with Gasteiger partial charge in [0.05, 0.1) is 25.2 Å². The van der Waals surface area contributed by atoms with E-state index in [4.69, 9.17) is 11.6 Å². The number of nitrogens with zero attached hydrogens (tertiary/aromatic N) is 5. The number of hydrogen-bond donors (Lipinski definition) is 3. The van der Waals surface area contributed by atoms with E-state index in [2.05, 4.69) is 21.0 Å². The Bertz CT molecular complexity index is 2460. The Morgan fingerprint density at radius 1 is 1.04 bits per heavy atom. The van der Waals surface area contributed by atoms with Gasteiger partial charge in [-0.3, -0.25) is 28.8 Å². The molecule has 6 atom stereocenters. The monoisotopic (exact) mass is 1030 g/mol. The molecule has 0 bridgehead atoms. The van der Waals surface area contributed by atoms with Crippen LogP contribution in [0, 0.1) is 17.3 Å². The van der Waals surface area contributed by atoms with Crippen LogP contribution in [0.4, 0.5) is 26.3 Å². The molecule has 3 fully saturated rings. The molecule has 2 aliphatic heterocycles. The predicted molar refractivity (Wildman–Crippen MR) is 244 cm³/mol. The normalized spacial score (nSPS) is 25.7. The van der Waals surface area contributed by atoms with Gasteiger partial charge in [0.25, 0.3) is 15.9 Å². The second kappa shape index (κ2) is 21.3. The van der Waals surface area contributed by atoms with Crippen LogP contribution in [-0.4, -0.2) is 150 Å². The summed E-state index contributed by atoms with van der Waals surface area (Å²) in [7, 11) is -1.02. The molecule has 0 unspecified atom stereocenters. The third-order valence-electron chi connectivity index (χ3n) is 13.4. The maximum Gasteiger partial charge on any atom is 0.403 e. The highest BCUT2D eigenvalue weighted by atomic mass is 35.5. The molecule has 6 rings (SSSR count). The van der Waals surface area contributed by atoms with E-state index in [9.17, 15) is 63.5 Å². The fourth-order valence-corrected chi connectivity index (χ4v) is 10.1. The van der Waals surface area contributed by atoms with E-state index in [0.29, 0.717) is 52.3 Å². The molecule has 2 aliphatic carbocycles. The number of allylic oxidation sites excluding steroid dienone is 2. The topological polar surface area (TPSA) is 200 Å². The van der Waals surface area contributed by atoms with Crippen LogP contribution in [0.2, 0.25) is 5.02 Å². The fraction of sp³-hybridized carbons (Fsp3) is 0.630. The quantitative estimate of drug-likeness (QED) is 0.198. The molecule has 1 aromatic heterocycles. The van der Waals surface area contributed by atoms with E-state index in [0.717, 1.165) is 15.2 Å². The fourth-order valence-electron chi connectivity index (χ4n) is 9.42. The van der Waals surface area contributed by atoms with Gasteiger partial charge in [0.2, 0.25) is 35.4 Å². The van der Waals surface area contributed by atoms with Crippen LogP contribution in [-0.2, 0) is 45.2 Å². The van der Waals surface area contributed by atoms with E-state index in [-0.39, 0.29) is 38.1 Å². The molecule has 70 heavy (non-hydrogen) atoms. The van der Waals surface area contributed by atoms with Crippen LogP contribution in [0.25, 0.3) is 11.1 Å². The van der Waals surface area contributed by atoms with Crippen molar-refractivity contribution < 1.29 is 63.5 Å². The van der Waals surface area contributed by atoms with Gasteiger partial charge in [-0.1, -0.05) is 43.7 Å². The molecule has 2 aromatic rings. The van der Waals surface area contributed by atoms with E-state index in [1.807, 2.05) is 19.9 Å². The van der Waals surface area contributed by atoms with Crippen LogP contribution in [0.1, 0.15) is 83.6 Å². The predicted octanol–water partition coefficient (Wildman–Crippen LogP) is 4.80. The molecule has 16 nitrogen and oxygen atoms in total. The third kappa shape index (κ3) is 12.3. The van der Waals surface area contributed by atoms with E-state index >= 15 is 0 Å². The smallest absolute Gasteiger partial charge is 0.354 e. The summed E-state index contributed by atoms with van der Waals surface area (Å²) in [5.74, 6) is -10.2. The minimum Gasteiger partial charge on any atom is -0.354 e. The van der Waals surface area contributed by atoms with Crippen molar-refractivity contribution >= 4 is 57.1 Å². The number of aromatic nitrogens is 2.